The van der Waals surface area contributed by atoms with Crippen LogP contribution in [-0.4, -0.2) is 16.7 Å². The number of pyridine rings is 1. The Bertz CT molecular complexity index is 721. The minimum Gasteiger partial charge on any atom is -0.444 e. The van der Waals surface area contributed by atoms with Gasteiger partial charge in [0.1, 0.15) is 11.4 Å². The number of anilines is 3. The highest BCUT2D eigenvalue weighted by Gasteiger charge is 2.29. The van der Waals surface area contributed by atoms with Crippen LogP contribution < -0.4 is 10.6 Å². The van der Waals surface area contributed by atoms with Crippen molar-refractivity contribution in [3.05, 3.63) is 48.2 Å². The van der Waals surface area contributed by atoms with Crippen molar-refractivity contribution in [1.82, 2.24) is 4.98 Å². The lowest BCUT2D eigenvalue weighted by Crippen LogP contribution is -2.27. The summed E-state index contributed by atoms with van der Waals surface area (Å²) in [7, 11) is 0. The molecule has 2 N–H and O–H groups in total. The van der Waals surface area contributed by atoms with Gasteiger partial charge in [0.25, 0.3) is 0 Å². The lowest BCUT2D eigenvalue weighted by Gasteiger charge is -2.19. The first kappa shape index (κ1) is 18.6. The molecule has 1 heterocycles. The van der Waals surface area contributed by atoms with E-state index in [0.29, 0.717) is 17.2 Å². The predicted molar refractivity (Wildman–Crippen MR) is 88.8 cm³/mol. The predicted octanol–water partition coefficient (Wildman–Crippen LogP) is 5.19. The molecular formula is C17H18F3N3O2. The molecule has 0 atom stereocenters. The largest absolute Gasteiger partial charge is 0.444 e. The van der Waals surface area contributed by atoms with Crippen molar-refractivity contribution in [2.24, 2.45) is 0 Å². The highest BCUT2D eigenvalue weighted by Crippen LogP contribution is 2.30. The number of nitrogens with zero attached hydrogens (tertiary/aromatic N) is 1. The minimum absolute atomic E-state index is 0.425. The van der Waals surface area contributed by atoms with Crippen molar-refractivity contribution in [3.63, 3.8) is 0 Å². The summed E-state index contributed by atoms with van der Waals surface area (Å²) in [5, 5.41) is 5.42. The van der Waals surface area contributed by atoms with E-state index in [1.807, 2.05) is 0 Å². The monoisotopic (exact) mass is 353 g/mol. The van der Waals surface area contributed by atoms with Gasteiger partial charge in [-0.3, -0.25) is 5.32 Å². The lowest BCUT2D eigenvalue weighted by molar-refractivity contribution is -0.137. The molecule has 5 nitrogen and oxygen atoms in total. The third kappa shape index (κ3) is 5.98. The van der Waals surface area contributed by atoms with Gasteiger partial charge in [-0.05, 0) is 57.2 Å². The molecule has 2 aromatic rings. The molecule has 0 fully saturated rings. The highest BCUT2D eigenvalue weighted by atomic mass is 19.4. The van der Waals surface area contributed by atoms with E-state index in [2.05, 4.69) is 15.6 Å². The van der Waals surface area contributed by atoms with Crippen LogP contribution in [0.3, 0.4) is 0 Å². The zero-order valence-corrected chi connectivity index (χ0v) is 13.9. The molecular weight excluding hydrogens is 335 g/mol. The van der Waals surface area contributed by atoms with Crippen LogP contribution in [0.15, 0.2) is 42.6 Å². The van der Waals surface area contributed by atoms with Crippen LogP contribution in [-0.2, 0) is 10.9 Å². The van der Waals surface area contributed by atoms with Crippen molar-refractivity contribution >= 4 is 23.3 Å². The molecule has 0 aliphatic rings. The van der Waals surface area contributed by atoms with Gasteiger partial charge in [-0.25, -0.2) is 9.78 Å². The van der Waals surface area contributed by atoms with E-state index in [-0.39, 0.29) is 0 Å². The van der Waals surface area contributed by atoms with Crippen LogP contribution in [0.4, 0.5) is 35.2 Å². The van der Waals surface area contributed by atoms with Gasteiger partial charge in [-0.2, -0.15) is 13.2 Å². The molecule has 1 aromatic heterocycles. The van der Waals surface area contributed by atoms with E-state index >= 15 is 0 Å². The summed E-state index contributed by atoms with van der Waals surface area (Å²) in [6, 6.07) is 7.80. The van der Waals surface area contributed by atoms with Crippen LogP contribution in [0.5, 0.6) is 0 Å². The van der Waals surface area contributed by atoms with Gasteiger partial charge < -0.3 is 10.1 Å². The lowest BCUT2D eigenvalue weighted by atomic mass is 10.2. The van der Waals surface area contributed by atoms with Crippen LogP contribution in [0, 0.1) is 0 Å². The average molecular weight is 353 g/mol. The molecule has 8 heteroatoms. The number of ether oxygens (including phenoxy) is 1. The Morgan fingerprint density at radius 2 is 1.60 bits per heavy atom. The van der Waals surface area contributed by atoms with Crippen molar-refractivity contribution in [2.75, 3.05) is 10.6 Å². The number of benzene rings is 1. The van der Waals surface area contributed by atoms with Crippen molar-refractivity contribution in [2.45, 2.75) is 32.5 Å². The number of rotatable bonds is 3. The van der Waals surface area contributed by atoms with Crippen molar-refractivity contribution in [3.8, 4) is 0 Å². The number of halogens is 3. The van der Waals surface area contributed by atoms with Crippen LogP contribution in [0.2, 0.25) is 0 Å². The molecule has 0 bridgehead atoms. The first-order valence-corrected chi connectivity index (χ1v) is 7.43. The van der Waals surface area contributed by atoms with E-state index in [1.54, 1.807) is 32.9 Å². The fourth-order valence-corrected chi connectivity index (χ4v) is 1.85. The van der Waals surface area contributed by atoms with Gasteiger partial charge in [-0.1, -0.05) is 0 Å². The van der Waals surface area contributed by atoms with Crippen molar-refractivity contribution in [1.29, 1.82) is 0 Å². The topological polar surface area (TPSA) is 63.2 Å². The fourth-order valence-electron chi connectivity index (χ4n) is 1.85. The molecule has 0 aliphatic carbocycles. The first-order valence-electron chi connectivity index (χ1n) is 7.43. The zero-order chi connectivity index (χ0) is 18.7. The van der Waals surface area contributed by atoms with E-state index in [0.717, 1.165) is 12.1 Å². The Kier molecular flexibility index (Phi) is 5.20. The Balaban J connectivity index is 1.97. The maximum Gasteiger partial charge on any atom is 0.416 e. The number of carbonyl (C=O) groups excluding carboxylic acids is 1. The Hall–Kier alpha value is -2.77. The van der Waals surface area contributed by atoms with Crippen LogP contribution in [0.1, 0.15) is 26.3 Å². The average Bonchev–Trinajstić information content (AvgIpc) is 2.47. The molecule has 1 aromatic carbocycles. The molecule has 0 unspecified atom stereocenters. The second-order valence-corrected chi connectivity index (χ2v) is 6.26. The second kappa shape index (κ2) is 7.00. The van der Waals surface area contributed by atoms with Gasteiger partial charge in [0.2, 0.25) is 0 Å². The number of nitrogens with one attached hydrogen (secondary N) is 2. The molecule has 134 valence electrons. The maximum absolute atomic E-state index is 12.5. The SMILES string of the molecule is CC(C)(C)OC(=O)Nc1ccc(Nc2ccc(C(F)(F)F)cc2)nc1. The van der Waals surface area contributed by atoms with Crippen LogP contribution in [0.25, 0.3) is 0 Å². The quantitative estimate of drug-likeness (QED) is 0.797. The Morgan fingerprint density at radius 1 is 1.00 bits per heavy atom. The molecule has 0 spiro atoms. The van der Waals surface area contributed by atoms with Gasteiger partial charge in [-0.15, -0.1) is 0 Å². The van der Waals surface area contributed by atoms with E-state index in [9.17, 15) is 18.0 Å². The highest BCUT2D eigenvalue weighted by molar-refractivity contribution is 5.84. The minimum atomic E-state index is -4.37. The van der Waals surface area contributed by atoms with E-state index < -0.39 is 23.4 Å². The first-order chi connectivity index (χ1) is 11.5. The van der Waals surface area contributed by atoms with E-state index in [4.69, 9.17) is 4.74 Å². The van der Waals surface area contributed by atoms with Gasteiger partial charge >= 0.3 is 12.3 Å². The summed E-state index contributed by atoms with van der Waals surface area (Å²) in [6.45, 7) is 5.26. The molecule has 0 saturated heterocycles. The zero-order valence-electron chi connectivity index (χ0n) is 13.9. The standard InChI is InChI=1S/C17H18F3N3O2/c1-16(2,3)25-15(24)23-13-8-9-14(21-10-13)22-12-6-4-11(5-7-12)17(18,19)20/h4-10H,1-3H3,(H,21,22)(H,23,24). The summed E-state index contributed by atoms with van der Waals surface area (Å²) < 4.78 is 42.7. The summed E-state index contributed by atoms with van der Waals surface area (Å²) in [5.74, 6) is 0.425. The third-order valence-electron chi connectivity index (χ3n) is 2.89. The fraction of sp³-hybridized carbons (Fsp3) is 0.294. The number of alkyl halides is 3. The third-order valence-corrected chi connectivity index (χ3v) is 2.89. The number of hydrogen-bond acceptors (Lipinski definition) is 4. The number of carbonyl (C=O) groups is 1. The molecule has 0 radical (unpaired) electrons. The summed E-state index contributed by atoms with van der Waals surface area (Å²) in [5.41, 5.74) is -0.426. The molecule has 25 heavy (non-hydrogen) atoms. The normalized spacial score (nSPS) is 11.8. The van der Waals surface area contributed by atoms with E-state index in [1.165, 1.54) is 18.3 Å². The van der Waals surface area contributed by atoms with Gasteiger partial charge in [0.15, 0.2) is 0 Å². The summed E-state index contributed by atoms with van der Waals surface area (Å²) in [4.78, 5) is 15.7. The van der Waals surface area contributed by atoms with Gasteiger partial charge in [0, 0.05) is 5.69 Å². The second-order valence-electron chi connectivity index (χ2n) is 6.26. The number of aromatic nitrogens is 1. The molecule has 0 saturated carbocycles. The molecule has 2 rings (SSSR count). The number of hydrogen-bond donors (Lipinski definition) is 2. The smallest absolute Gasteiger partial charge is 0.416 e. The summed E-state index contributed by atoms with van der Waals surface area (Å²) >= 11 is 0. The maximum atomic E-state index is 12.5. The van der Waals surface area contributed by atoms with Crippen molar-refractivity contribution < 1.29 is 22.7 Å². The molecule has 0 aliphatic heterocycles. The summed E-state index contributed by atoms with van der Waals surface area (Å²) in [6.07, 6.45) is -3.56. The molecule has 1 amide bonds. The van der Waals surface area contributed by atoms with Crippen LogP contribution >= 0.6 is 0 Å². The Labute approximate surface area is 143 Å². The number of amides is 1. The van der Waals surface area contributed by atoms with Gasteiger partial charge in [0.05, 0.1) is 17.4 Å². The Morgan fingerprint density at radius 3 is 2.08 bits per heavy atom.